The highest BCUT2D eigenvalue weighted by Crippen LogP contribution is 2.47. The predicted octanol–water partition coefficient (Wildman–Crippen LogP) is 0.638. The molecule has 1 fully saturated rings. The average molecular weight is 383 g/mol. The van der Waals surface area contributed by atoms with E-state index in [0.29, 0.717) is 31.0 Å². The number of aryl methyl sites for hydroxylation is 1. The Morgan fingerprint density at radius 1 is 1.29 bits per heavy atom. The van der Waals surface area contributed by atoms with Gasteiger partial charge in [0.1, 0.15) is 6.54 Å². The summed E-state index contributed by atoms with van der Waals surface area (Å²) >= 11 is 0. The number of likely N-dealkylation sites (tertiary alicyclic amines) is 1. The molecule has 4 rings (SSSR count). The van der Waals surface area contributed by atoms with E-state index in [9.17, 15) is 14.4 Å². The zero-order valence-corrected chi connectivity index (χ0v) is 15.6. The molecule has 0 bridgehead atoms. The summed E-state index contributed by atoms with van der Waals surface area (Å²) in [7, 11) is 0. The molecule has 28 heavy (non-hydrogen) atoms. The van der Waals surface area contributed by atoms with Crippen molar-refractivity contribution >= 4 is 23.4 Å². The molecule has 2 N–H and O–H groups in total. The lowest BCUT2D eigenvalue weighted by Gasteiger charge is -2.23. The molecule has 146 valence electrons. The standard InChI is InChI=1S/C19H21N5O4/c1-2-5-15-21-22-16(28-15)17(26)23-9-8-19(11-23)12-6-3-4-7-13(12)24(18(19)27)10-14(20)25/h3-4,6-7H,2,5,8-11H2,1H3,(H2,20,25). The molecule has 1 saturated heterocycles. The van der Waals surface area contributed by atoms with Gasteiger partial charge in [0.15, 0.2) is 0 Å². The topological polar surface area (TPSA) is 123 Å². The number of amides is 3. The number of hydrogen-bond donors (Lipinski definition) is 1. The third-order valence-corrected chi connectivity index (χ3v) is 5.35. The van der Waals surface area contributed by atoms with Gasteiger partial charge in [0, 0.05) is 25.2 Å². The Hall–Kier alpha value is -3.23. The lowest BCUT2D eigenvalue weighted by atomic mass is 9.81. The van der Waals surface area contributed by atoms with Gasteiger partial charge in [0.2, 0.25) is 17.7 Å². The number of nitrogens with zero attached hydrogens (tertiary/aromatic N) is 4. The molecule has 0 saturated carbocycles. The molecule has 1 unspecified atom stereocenters. The number of benzene rings is 1. The Kier molecular flexibility index (Phi) is 4.37. The van der Waals surface area contributed by atoms with E-state index in [2.05, 4.69) is 10.2 Å². The molecule has 0 radical (unpaired) electrons. The zero-order chi connectivity index (χ0) is 19.9. The third kappa shape index (κ3) is 2.74. The molecule has 2 aliphatic rings. The van der Waals surface area contributed by atoms with E-state index in [1.807, 2.05) is 25.1 Å². The van der Waals surface area contributed by atoms with E-state index >= 15 is 0 Å². The largest absolute Gasteiger partial charge is 0.417 e. The summed E-state index contributed by atoms with van der Waals surface area (Å²) in [4.78, 5) is 40.5. The van der Waals surface area contributed by atoms with Crippen LogP contribution in [0.4, 0.5) is 5.69 Å². The fourth-order valence-electron chi connectivity index (χ4n) is 4.08. The van der Waals surface area contributed by atoms with Crippen LogP contribution >= 0.6 is 0 Å². The maximum absolute atomic E-state index is 13.2. The Labute approximate surface area is 161 Å². The van der Waals surface area contributed by atoms with Crippen molar-refractivity contribution in [3.8, 4) is 0 Å². The quantitative estimate of drug-likeness (QED) is 0.808. The summed E-state index contributed by atoms with van der Waals surface area (Å²) in [6.45, 7) is 2.38. The average Bonchev–Trinajstić information content (AvgIpc) is 3.37. The zero-order valence-electron chi connectivity index (χ0n) is 15.6. The smallest absolute Gasteiger partial charge is 0.311 e. The molecule has 1 aromatic heterocycles. The van der Waals surface area contributed by atoms with Crippen molar-refractivity contribution in [2.75, 3.05) is 24.5 Å². The van der Waals surface area contributed by atoms with Crippen LogP contribution in [0.15, 0.2) is 28.7 Å². The van der Waals surface area contributed by atoms with Gasteiger partial charge >= 0.3 is 11.8 Å². The van der Waals surface area contributed by atoms with Gasteiger partial charge < -0.3 is 20.0 Å². The molecule has 9 heteroatoms. The highest BCUT2D eigenvalue weighted by molar-refractivity contribution is 6.11. The normalized spacial score (nSPS) is 20.8. The SMILES string of the molecule is CCCc1nnc(C(=O)N2CCC3(C2)C(=O)N(CC(N)=O)c2ccccc23)o1. The molecule has 1 spiro atoms. The number of fused-ring (bicyclic) bond motifs is 2. The number of rotatable bonds is 5. The first-order chi connectivity index (χ1) is 13.5. The first-order valence-corrected chi connectivity index (χ1v) is 9.27. The number of hydrogen-bond acceptors (Lipinski definition) is 6. The first-order valence-electron chi connectivity index (χ1n) is 9.27. The summed E-state index contributed by atoms with van der Waals surface area (Å²) in [5, 5.41) is 7.74. The second kappa shape index (κ2) is 6.74. The number of anilines is 1. The van der Waals surface area contributed by atoms with E-state index in [4.69, 9.17) is 10.2 Å². The van der Waals surface area contributed by atoms with Crippen LogP contribution < -0.4 is 10.6 Å². The van der Waals surface area contributed by atoms with Gasteiger partial charge in [0.25, 0.3) is 0 Å². The molecule has 2 aliphatic heterocycles. The second-order valence-electron chi connectivity index (χ2n) is 7.18. The van der Waals surface area contributed by atoms with Crippen LogP contribution in [0.1, 0.15) is 41.9 Å². The van der Waals surface area contributed by atoms with Crippen molar-refractivity contribution in [3.63, 3.8) is 0 Å². The van der Waals surface area contributed by atoms with Gasteiger partial charge in [-0.3, -0.25) is 14.4 Å². The van der Waals surface area contributed by atoms with Crippen LogP contribution in [0, 0.1) is 0 Å². The minimum absolute atomic E-state index is 0.0618. The maximum atomic E-state index is 13.2. The second-order valence-corrected chi connectivity index (χ2v) is 7.18. The summed E-state index contributed by atoms with van der Waals surface area (Å²) in [5.74, 6) is -0.811. The lowest BCUT2D eigenvalue weighted by molar-refractivity contribution is -0.125. The Balaban J connectivity index is 1.62. The molecule has 0 aliphatic carbocycles. The van der Waals surface area contributed by atoms with Crippen LogP contribution in [0.3, 0.4) is 0 Å². The van der Waals surface area contributed by atoms with Gasteiger partial charge in [-0.15, -0.1) is 10.2 Å². The fraction of sp³-hybridized carbons (Fsp3) is 0.421. The number of carbonyl (C=O) groups excluding carboxylic acids is 3. The highest BCUT2D eigenvalue weighted by Gasteiger charge is 2.55. The van der Waals surface area contributed by atoms with Gasteiger partial charge in [-0.25, -0.2) is 0 Å². The number of carbonyl (C=O) groups is 3. The van der Waals surface area contributed by atoms with Gasteiger partial charge in [-0.2, -0.15) is 0 Å². The highest BCUT2D eigenvalue weighted by atomic mass is 16.4. The van der Waals surface area contributed by atoms with E-state index in [1.54, 1.807) is 11.0 Å². The molecule has 3 heterocycles. The van der Waals surface area contributed by atoms with E-state index in [1.165, 1.54) is 4.90 Å². The number of nitrogens with two attached hydrogens (primary N) is 1. The van der Waals surface area contributed by atoms with Gasteiger partial charge in [-0.1, -0.05) is 25.1 Å². The van der Waals surface area contributed by atoms with Crippen molar-refractivity contribution in [1.82, 2.24) is 15.1 Å². The number of para-hydroxylation sites is 1. The predicted molar refractivity (Wildman–Crippen MR) is 98.5 cm³/mol. The van der Waals surface area contributed by atoms with Crippen LogP contribution in [-0.4, -0.2) is 52.5 Å². The van der Waals surface area contributed by atoms with Crippen molar-refractivity contribution in [2.45, 2.75) is 31.6 Å². The van der Waals surface area contributed by atoms with E-state index in [-0.39, 0.29) is 30.8 Å². The molecular formula is C19H21N5O4. The van der Waals surface area contributed by atoms with Gasteiger partial charge in [-0.05, 0) is 24.5 Å². The molecule has 1 atom stereocenters. The molecule has 9 nitrogen and oxygen atoms in total. The van der Waals surface area contributed by atoms with Crippen LogP contribution in [-0.2, 0) is 21.4 Å². The molecule has 1 aromatic carbocycles. The third-order valence-electron chi connectivity index (χ3n) is 5.35. The first kappa shape index (κ1) is 18.1. The van der Waals surface area contributed by atoms with Crippen molar-refractivity contribution in [2.24, 2.45) is 5.73 Å². The summed E-state index contributed by atoms with van der Waals surface area (Å²) in [5.41, 5.74) is 5.93. The minimum Gasteiger partial charge on any atom is -0.417 e. The maximum Gasteiger partial charge on any atom is 0.311 e. The van der Waals surface area contributed by atoms with Crippen LogP contribution in [0.2, 0.25) is 0 Å². The molecule has 3 amide bonds. The van der Waals surface area contributed by atoms with E-state index in [0.717, 1.165) is 12.0 Å². The summed E-state index contributed by atoms with van der Waals surface area (Å²) in [6.07, 6.45) is 1.90. The van der Waals surface area contributed by atoms with Crippen molar-refractivity contribution in [1.29, 1.82) is 0 Å². The number of primary amides is 1. The summed E-state index contributed by atoms with van der Waals surface area (Å²) in [6, 6.07) is 7.32. The lowest BCUT2D eigenvalue weighted by Crippen LogP contribution is -2.45. The monoisotopic (exact) mass is 383 g/mol. The Bertz CT molecular complexity index is 955. The molecular weight excluding hydrogens is 362 g/mol. The Morgan fingerprint density at radius 3 is 2.82 bits per heavy atom. The van der Waals surface area contributed by atoms with Crippen LogP contribution in [0.25, 0.3) is 0 Å². The van der Waals surface area contributed by atoms with Crippen LogP contribution in [0.5, 0.6) is 0 Å². The van der Waals surface area contributed by atoms with E-state index < -0.39 is 11.3 Å². The molecule has 2 aromatic rings. The number of aromatic nitrogens is 2. The summed E-state index contributed by atoms with van der Waals surface area (Å²) < 4.78 is 5.45. The van der Waals surface area contributed by atoms with Gasteiger partial charge in [0.05, 0.1) is 5.41 Å². The minimum atomic E-state index is -0.881. The van der Waals surface area contributed by atoms with Crippen molar-refractivity contribution in [3.05, 3.63) is 41.6 Å². The fourth-order valence-corrected chi connectivity index (χ4v) is 4.08. The van der Waals surface area contributed by atoms with Crippen molar-refractivity contribution < 1.29 is 18.8 Å². The Morgan fingerprint density at radius 2 is 2.07 bits per heavy atom.